The van der Waals surface area contributed by atoms with Crippen molar-refractivity contribution in [3.8, 4) is 11.3 Å². The van der Waals surface area contributed by atoms with Gasteiger partial charge in [0.2, 0.25) is 10.1 Å². The van der Waals surface area contributed by atoms with Crippen LogP contribution in [0.1, 0.15) is 45.4 Å². The first-order chi connectivity index (χ1) is 15.6. The molecule has 1 N–H and O–H groups in total. The second-order valence-electron chi connectivity index (χ2n) is 8.54. The van der Waals surface area contributed by atoms with E-state index in [0.29, 0.717) is 12.6 Å². The summed E-state index contributed by atoms with van der Waals surface area (Å²) in [5.41, 5.74) is 1.49. The molecule has 1 aliphatic heterocycles. The molecule has 2 fully saturated rings. The van der Waals surface area contributed by atoms with Gasteiger partial charge in [-0.15, -0.1) is 5.10 Å². The van der Waals surface area contributed by atoms with Gasteiger partial charge in [0.1, 0.15) is 11.5 Å². The third-order valence-corrected chi connectivity index (χ3v) is 7.34. The summed E-state index contributed by atoms with van der Waals surface area (Å²) in [6.45, 7) is 3.80. The topological polar surface area (TPSA) is 71.8 Å². The zero-order chi connectivity index (χ0) is 22.1. The minimum atomic E-state index is -0.274. The lowest BCUT2D eigenvalue weighted by molar-refractivity contribution is -0.148. The molecule has 1 saturated carbocycles. The van der Waals surface area contributed by atoms with E-state index in [0.717, 1.165) is 65.9 Å². The zero-order valence-electron chi connectivity index (χ0n) is 18.2. The van der Waals surface area contributed by atoms with E-state index in [1.165, 1.54) is 36.3 Å². The molecule has 0 atom stereocenters. The number of carbonyl (C=O) groups is 1. The van der Waals surface area contributed by atoms with Crippen LogP contribution in [0.3, 0.4) is 0 Å². The Morgan fingerprint density at radius 3 is 2.75 bits per heavy atom. The monoisotopic (exact) mass is 457 g/mol. The second kappa shape index (κ2) is 9.05. The maximum atomic E-state index is 13.9. The molecule has 2 aliphatic rings. The molecule has 0 unspecified atom stereocenters. The van der Waals surface area contributed by atoms with E-state index in [1.54, 1.807) is 6.07 Å². The van der Waals surface area contributed by atoms with Crippen LogP contribution in [0.4, 0.5) is 15.3 Å². The number of rotatable bonds is 6. The van der Waals surface area contributed by atoms with Gasteiger partial charge in [0.25, 0.3) is 0 Å². The maximum Gasteiger partial charge on any atom is 0.309 e. The number of anilines is 2. The van der Waals surface area contributed by atoms with Crippen molar-refractivity contribution in [1.82, 2.24) is 14.6 Å². The molecule has 170 valence electrons. The van der Waals surface area contributed by atoms with Crippen LogP contribution in [0.2, 0.25) is 0 Å². The number of piperidine rings is 1. The van der Waals surface area contributed by atoms with Crippen molar-refractivity contribution in [2.75, 3.05) is 29.9 Å². The van der Waals surface area contributed by atoms with Crippen molar-refractivity contribution in [2.24, 2.45) is 5.92 Å². The molecule has 32 heavy (non-hydrogen) atoms. The summed E-state index contributed by atoms with van der Waals surface area (Å²) in [6, 6.07) is 6.95. The Balaban J connectivity index is 1.42. The van der Waals surface area contributed by atoms with Crippen LogP contribution in [0.25, 0.3) is 16.2 Å². The molecular weight excluding hydrogens is 429 g/mol. The number of hydrogen-bond donors (Lipinski definition) is 1. The van der Waals surface area contributed by atoms with Gasteiger partial charge in [-0.1, -0.05) is 36.3 Å². The third-order valence-electron chi connectivity index (χ3n) is 6.37. The van der Waals surface area contributed by atoms with Gasteiger partial charge in [-0.25, -0.2) is 9.37 Å². The molecule has 1 aromatic carbocycles. The smallest absolute Gasteiger partial charge is 0.309 e. The number of ether oxygens (including phenoxy) is 1. The normalized spacial score (nSPS) is 17.9. The van der Waals surface area contributed by atoms with Crippen LogP contribution in [0.5, 0.6) is 0 Å². The Hall–Kier alpha value is -2.68. The average molecular weight is 458 g/mol. The molecule has 1 saturated heterocycles. The van der Waals surface area contributed by atoms with Crippen LogP contribution in [0.15, 0.2) is 24.3 Å². The summed E-state index contributed by atoms with van der Waals surface area (Å²) in [7, 11) is 0. The number of imidazole rings is 1. The molecule has 7 nitrogen and oxygen atoms in total. The zero-order valence-corrected chi connectivity index (χ0v) is 19.0. The molecule has 3 aromatic rings. The summed E-state index contributed by atoms with van der Waals surface area (Å²) in [5.74, 6) is 0.434. The van der Waals surface area contributed by atoms with E-state index in [-0.39, 0.29) is 17.7 Å². The number of fused-ring (bicyclic) bond motifs is 1. The number of hydrogen-bond acceptors (Lipinski definition) is 7. The predicted octanol–water partition coefficient (Wildman–Crippen LogP) is 4.73. The molecule has 0 spiro atoms. The lowest BCUT2D eigenvalue weighted by Gasteiger charge is -2.30. The molecule has 3 heterocycles. The number of nitrogens with one attached hydrogen (secondary N) is 1. The van der Waals surface area contributed by atoms with E-state index >= 15 is 0 Å². The van der Waals surface area contributed by atoms with Gasteiger partial charge >= 0.3 is 5.97 Å². The quantitative estimate of drug-likeness (QED) is 0.540. The molecule has 0 amide bonds. The standard InChI is InChI=1S/C23H28FN5O2S/c1-2-31-21(30)15-10-12-28(13-11-15)23-27-29-20(25-18-8-3-4-9-18)19(26-22(29)32-23)16-6-5-7-17(24)14-16/h5-7,14-15,18,25H,2-4,8-13H2,1H3. The van der Waals surface area contributed by atoms with Gasteiger partial charge in [0.15, 0.2) is 5.82 Å². The Bertz CT molecular complexity index is 1100. The second-order valence-corrected chi connectivity index (χ2v) is 9.47. The van der Waals surface area contributed by atoms with E-state index in [4.69, 9.17) is 14.8 Å². The van der Waals surface area contributed by atoms with Crippen molar-refractivity contribution in [2.45, 2.75) is 51.5 Å². The van der Waals surface area contributed by atoms with Crippen LogP contribution >= 0.6 is 11.3 Å². The van der Waals surface area contributed by atoms with Crippen LogP contribution in [-0.4, -0.2) is 46.3 Å². The van der Waals surface area contributed by atoms with E-state index in [9.17, 15) is 9.18 Å². The van der Waals surface area contributed by atoms with Crippen molar-refractivity contribution in [3.05, 3.63) is 30.1 Å². The van der Waals surface area contributed by atoms with Crippen molar-refractivity contribution in [1.29, 1.82) is 0 Å². The van der Waals surface area contributed by atoms with Crippen molar-refractivity contribution < 1.29 is 13.9 Å². The molecule has 9 heteroatoms. The van der Waals surface area contributed by atoms with Gasteiger partial charge in [-0.2, -0.15) is 4.52 Å². The van der Waals surface area contributed by atoms with E-state index in [2.05, 4.69) is 10.2 Å². The number of benzene rings is 1. The lowest BCUT2D eigenvalue weighted by atomic mass is 9.97. The first-order valence-corrected chi connectivity index (χ1v) is 12.3. The van der Waals surface area contributed by atoms with E-state index < -0.39 is 0 Å². The molecular formula is C23H28FN5O2S. The summed E-state index contributed by atoms with van der Waals surface area (Å²) < 4.78 is 21.0. The highest BCUT2D eigenvalue weighted by Crippen LogP contribution is 2.36. The number of halogens is 1. The van der Waals surface area contributed by atoms with Crippen LogP contribution in [0, 0.1) is 11.7 Å². The highest BCUT2D eigenvalue weighted by Gasteiger charge is 2.29. The van der Waals surface area contributed by atoms with Gasteiger partial charge in [-0.05, 0) is 44.7 Å². The fraction of sp³-hybridized carbons (Fsp3) is 0.522. The predicted molar refractivity (Wildman–Crippen MR) is 124 cm³/mol. The van der Waals surface area contributed by atoms with Crippen LogP contribution in [-0.2, 0) is 9.53 Å². The summed E-state index contributed by atoms with van der Waals surface area (Å²) in [6.07, 6.45) is 6.20. The Labute approximate surface area is 190 Å². The maximum absolute atomic E-state index is 13.9. The lowest BCUT2D eigenvalue weighted by Crippen LogP contribution is -2.37. The molecule has 2 aromatic heterocycles. The summed E-state index contributed by atoms with van der Waals surface area (Å²) >= 11 is 1.53. The van der Waals surface area contributed by atoms with E-state index in [1.807, 2.05) is 17.5 Å². The van der Waals surface area contributed by atoms with Crippen molar-refractivity contribution >= 4 is 33.2 Å². The molecule has 0 bridgehead atoms. The minimum absolute atomic E-state index is 0.0329. The first-order valence-electron chi connectivity index (χ1n) is 11.5. The largest absolute Gasteiger partial charge is 0.466 e. The SMILES string of the molecule is CCOC(=O)C1CCN(c2nn3c(NC4CCCC4)c(-c4cccc(F)c4)nc3s2)CC1. The Morgan fingerprint density at radius 2 is 2.03 bits per heavy atom. The fourth-order valence-corrected chi connectivity index (χ4v) is 5.62. The van der Waals surface area contributed by atoms with Crippen LogP contribution < -0.4 is 10.2 Å². The summed E-state index contributed by atoms with van der Waals surface area (Å²) in [5, 5.41) is 9.42. The minimum Gasteiger partial charge on any atom is -0.466 e. The number of aromatic nitrogens is 3. The number of esters is 1. The highest BCUT2D eigenvalue weighted by atomic mass is 32.1. The first kappa shape index (κ1) is 21.2. The highest BCUT2D eigenvalue weighted by molar-refractivity contribution is 7.20. The van der Waals surface area contributed by atoms with Gasteiger partial charge in [0, 0.05) is 24.7 Å². The summed E-state index contributed by atoms with van der Waals surface area (Å²) in [4.78, 5) is 19.9. The number of nitrogens with zero attached hydrogens (tertiary/aromatic N) is 4. The molecule has 0 radical (unpaired) electrons. The average Bonchev–Trinajstić information content (AvgIpc) is 3.52. The number of carbonyl (C=O) groups excluding carboxylic acids is 1. The Kier molecular flexibility index (Phi) is 5.99. The van der Waals surface area contributed by atoms with Crippen molar-refractivity contribution in [3.63, 3.8) is 0 Å². The van der Waals surface area contributed by atoms with Gasteiger partial charge in [0.05, 0.1) is 12.5 Å². The molecule has 1 aliphatic carbocycles. The fourth-order valence-electron chi connectivity index (χ4n) is 4.66. The van der Waals surface area contributed by atoms with Gasteiger partial charge < -0.3 is 15.0 Å². The molecule has 5 rings (SSSR count). The third kappa shape index (κ3) is 4.18. The van der Waals surface area contributed by atoms with Gasteiger partial charge in [-0.3, -0.25) is 4.79 Å². The Morgan fingerprint density at radius 1 is 1.25 bits per heavy atom.